The molecule has 2 atom stereocenters. The summed E-state index contributed by atoms with van der Waals surface area (Å²) in [5, 5.41) is 2.80. The second-order valence-corrected chi connectivity index (χ2v) is 7.51. The van der Waals surface area contributed by atoms with Crippen molar-refractivity contribution in [3.05, 3.63) is 24.3 Å². The van der Waals surface area contributed by atoms with Gasteiger partial charge in [-0.3, -0.25) is 5.32 Å². The fourth-order valence-corrected chi connectivity index (χ4v) is 3.77. The Balaban J connectivity index is 0.00000364. The number of amides is 1. The summed E-state index contributed by atoms with van der Waals surface area (Å²) < 4.78 is 11.1. The Morgan fingerprint density at radius 3 is 2.74 bits per heavy atom. The van der Waals surface area contributed by atoms with Crippen molar-refractivity contribution in [3.8, 4) is 5.75 Å². The van der Waals surface area contributed by atoms with Crippen LogP contribution in [0.3, 0.4) is 0 Å². The number of ether oxygens (including phenoxy) is 2. The number of halogens is 1. The fourth-order valence-electron chi connectivity index (χ4n) is 3.77. The highest BCUT2D eigenvalue weighted by Crippen LogP contribution is 2.25. The third kappa shape index (κ3) is 8.39. The van der Waals surface area contributed by atoms with E-state index in [0.29, 0.717) is 30.9 Å². The quantitative estimate of drug-likeness (QED) is 0.596. The van der Waals surface area contributed by atoms with Crippen LogP contribution in [0.5, 0.6) is 5.75 Å². The number of hydrogen-bond donors (Lipinski definition) is 2. The van der Waals surface area contributed by atoms with E-state index in [1.807, 2.05) is 24.3 Å². The molecule has 1 saturated carbocycles. The molecular formula is C21H35ClN2O3. The summed E-state index contributed by atoms with van der Waals surface area (Å²) in [5.74, 6) is 1.42. The van der Waals surface area contributed by atoms with Crippen LogP contribution in [0, 0.1) is 5.92 Å². The number of quaternary nitrogens is 1. The molecule has 27 heavy (non-hydrogen) atoms. The van der Waals surface area contributed by atoms with E-state index in [-0.39, 0.29) is 18.5 Å². The molecule has 1 amide bonds. The van der Waals surface area contributed by atoms with Crippen molar-refractivity contribution in [2.75, 3.05) is 32.6 Å². The molecule has 1 aromatic carbocycles. The van der Waals surface area contributed by atoms with Gasteiger partial charge in [0.25, 0.3) is 0 Å². The zero-order valence-corrected chi connectivity index (χ0v) is 17.7. The summed E-state index contributed by atoms with van der Waals surface area (Å²) in [6.45, 7) is 3.31. The maximum atomic E-state index is 12.1. The number of carbonyl (C=O) groups is 1. The van der Waals surface area contributed by atoms with Crippen LogP contribution >= 0.6 is 0 Å². The summed E-state index contributed by atoms with van der Waals surface area (Å²) >= 11 is 0. The number of unbranched alkanes of at least 4 members (excludes halogenated alkanes) is 1. The highest BCUT2D eigenvalue weighted by atomic mass is 35.5. The van der Waals surface area contributed by atoms with Crippen molar-refractivity contribution in [1.29, 1.82) is 0 Å². The van der Waals surface area contributed by atoms with Gasteiger partial charge in [0.15, 0.2) is 0 Å². The summed E-state index contributed by atoms with van der Waals surface area (Å²) in [6.07, 6.45) is 7.83. The smallest absolute Gasteiger partial charge is 0.411 e. The predicted octanol–water partition coefficient (Wildman–Crippen LogP) is 0.511. The van der Waals surface area contributed by atoms with Gasteiger partial charge in [-0.25, -0.2) is 4.79 Å². The van der Waals surface area contributed by atoms with Gasteiger partial charge < -0.3 is 26.8 Å². The maximum Gasteiger partial charge on any atom is 0.411 e. The van der Waals surface area contributed by atoms with Gasteiger partial charge in [0.1, 0.15) is 5.75 Å². The topological polar surface area (TPSA) is 52.0 Å². The fraction of sp³-hybridized carbons (Fsp3) is 0.667. The molecule has 2 N–H and O–H groups in total. The molecule has 0 spiro atoms. The standard InChI is InChI=1S/C21H34N2O3.ClH/c1-4-5-14-25-19-11-8-10-18(16-19)22-21(24)26-15-13-17-9-6-7-12-20(17)23(2)3;/h8,10-11,16-17,20H,4-7,9,12-15H2,1-3H3,(H,22,24);1H. The van der Waals surface area contributed by atoms with E-state index < -0.39 is 0 Å². The van der Waals surface area contributed by atoms with E-state index in [1.165, 1.54) is 30.6 Å². The molecular weight excluding hydrogens is 364 g/mol. The van der Waals surface area contributed by atoms with Crippen molar-refractivity contribution < 1.29 is 31.6 Å². The number of carbonyl (C=O) groups excluding carboxylic acids is 1. The van der Waals surface area contributed by atoms with Gasteiger partial charge in [-0.2, -0.15) is 0 Å². The molecule has 0 aromatic heterocycles. The highest BCUT2D eigenvalue weighted by Gasteiger charge is 2.29. The second kappa shape index (κ2) is 12.8. The number of rotatable bonds is 9. The molecule has 5 nitrogen and oxygen atoms in total. The van der Waals surface area contributed by atoms with Crippen LogP contribution in [0.4, 0.5) is 10.5 Å². The molecule has 0 aliphatic heterocycles. The molecule has 1 aliphatic carbocycles. The molecule has 1 aliphatic rings. The first-order chi connectivity index (χ1) is 12.6. The first-order valence-electron chi connectivity index (χ1n) is 10.1. The summed E-state index contributed by atoms with van der Waals surface area (Å²) in [6, 6.07) is 8.15. The van der Waals surface area contributed by atoms with Crippen LogP contribution in [0.2, 0.25) is 0 Å². The molecule has 0 radical (unpaired) electrons. The second-order valence-electron chi connectivity index (χ2n) is 7.51. The van der Waals surface area contributed by atoms with E-state index in [2.05, 4.69) is 26.3 Å². The minimum Gasteiger partial charge on any atom is -1.00 e. The van der Waals surface area contributed by atoms with Crippen LogP contribution in [-0.2, 0) is 4.74 Å². The van der Waals surface area contributed by atoms with E-state index in [1.54, 1.807) is 0 Å². The Hall–Kier alpha value is -1.46. The molecule has 6 heteroatoms. The largest absolute Gasteiger partial charge is 1.00 e. The van der Waals surface area contributed by atoms with Crippen molar-refractivity contribution in [3.63, 3.8) is 0 Å². The number of anilines is 1. The van der Waals surface area contributed by atoms with E-state index >= 15 is 0 Å². The van der Waals surface area contributed by atoms with Crippen LogP contribution in [0.25, 0.3) is 0 Å². The average Bonchev–Trinajstić information content (AvgIpc) is 2.62. The summed E-state index contributed by atoms with van der Waals surface area (Å²) in [4.78, 5) is 13.6. The molecule has 2 unspecified atom stereocenters. The molecule has 154 valence electrons. The Morgan fingerprint density at radius 2 is 2.00 bits per heavy atom. The van der Waals surface area contributed by atoms with Gasteiger partial charge in [-0.05, 0) is 44.2 Å². The van der Waals surface area contributed by atoms with Gasteiger partial charge >= 0.3 is 6.09 Å². The minimum atomic E-state index is -0.389. The molecule has 0 heterocycles. The molecule has 1 fully saturated rings. The van der Waals surface area contributed by atoms with E-state index in [9.17, 15) is 4.79 Å². The van der Waals surface area contributed by atoms with Crippen molar-refractivity contribution in [2.24, 2.45) is 5.92 Å². The molecule has 1 aromatic rings. The van der Waals surface area contributed by atoms with Gasteiger partial charge in [-0.15, -0.1) is 0 Å². The van der Waals surface area contributed by atoms with Crippen molar-refractivity contribution >= 4 is 11.8 Å². The first kappa shape index (κ1) is 23.6. The zero-order chi connectivity index (χ0) is 18.8. The van der Waals surface area contributed by atoms with Crippen LogP contribution in [0.15, 0.2) is 24.3 Å². The Labute approximate surface area is 170 Å². The van der Waals surface area contributed by atoms with Gasteiger partial charge in [0, 0.05) is 17.7 Å². The normalized spacial score (nSPS) is 19.3. The van der Waals surface area contributed by atoms with Gasteiger partial charge in [0.05, 0.1) is 33.4 Å². The van der Waals surface area contributed by atoms with Crippen molar-refractivity contribution in [2.45, 2.75) is 57.9 Å². The Bertz CT molecular complexity index is 554. The molecule has 0 bridgehead atoms. The predicted molar refractivity (Wildman–Crippen MR) is 105 cm³/mol. The minimum absolute atomic E-state index is 0. The lowest BCUT2D eigenvalue weighted by Gasteiger charge is -2.33. The zero-order valence-electron chi connectivity index (χ0n) is 16.9. The van der Waals surface area contributed by atoms with Crippen LogP contribution in [-0.4, -0.2) is 39.4 Å². The van der Waals surface area contributed by atoms with E-state index in [0.717, 1.165) is 25.0 Å². The monoisotopic (exact) mass is 398 g/mol. The third-order valence-electron chi connectivity index (χ3n) is 5.22. The highest BCUT2D eigenvalue weighted by molar-refractivity contribution is 5.84. The lowest BCUT2D eigenvalue weighted by Crippen LogP contribution is -3.11. The van der Waals surface area contributed by atoms with Gasteiger partial charge in [0.2, 0.25) is 0 Å². The molecule has 0 saturated heterocycles. The third-order valence-corrected chi connectivity index (χ3v) is 5.22. The Kier molecular flexibility index (Phi) is 11.2. The average molecular weight is 399 g/mol. The molecule has 2 rings (SSSR count). The summed E-state index contributed by atoms with van der Waals surface area (Å²) in [5.41, 5.74) is 0.706. The lowest BCUT2D eigenvalue weighted by molar-refractivity contribution is -0.891. The number of nitrogens with one attached hydrogen (secondary N) is 2. The first-order valence-corrected chi connectivity index (χ1v) is 10.1. The van der Waals surface area contributed by atoms with Crippen LogP contribution < -0.4 is 27.4 Å². The number of hydrogen-bond acceptors (Lipinski definition) is 3. The Morgan fingerprint density at radius 1 is 1.22 bits per heavy atom. The van der Waals surface area contributed by atoms with Crippen molar-refractivity contribution in [1.82, 2.24) is 0 Å². The lowest BCUT2D eigenvalue weighted by atomic mass is 9.82. The summed E-state index contributed by atoms with van der Waals surface area (Å²) in [7, 11) is 4.46. The van der Waals surface area contributed by atoms with E-state index in [4.69, 9.17) is 9.47 Å². The SMILES string of the molecule is CCCCOc1cccc(NC(=O)OCCC2CCCCC2[NH+](C)C)c1.[Cl-]. The van der Waals surface area contributed by atoms with Crippen LogP contribution in [0.1, 0.15) is 51.9 Å². The number of benzene rings is 1. The maximum absolute atomic E-state index is 12.1. The van der Waals surface area contributed by atoms with Gasteiger partial charge in [-0.1, -0.05) is 25.8 Å².